The maximum Gasteiger partial charge on any atom is 0.128 e. The van der Waals surface area contributed by atoms with Crippen LogP contribution in [0.3, 0.4) is 0 Å². The highest BCUT2D eigenvalue weighted by Gasteiger charge is 2.34. The molecular formula is C20H30N6O. The molecule has 4 heterocycles. The molecule has 0 spiro atoms. The van der Waals surface area contributed by atoms with Crippen LogP contribution < -0.4 is 4.90 Å². The van der Waals surface area contributed by atoms with Gasteiger partial charge in [0.1, 0.15) is 5.82 Å². The number of hydrogen-bond acceptors (Lipinski definition) is 6. The standard InChI is InChI=1S/C20H30N6O/c1-16-17(13-22-23(16)2)14-24-8-6-18(19(27)15-24)25-9-11-26(12-10-25)20-5-3-4-7-21-20/h3-5,7,13,18-19,27H,6,8-12,14-15H2,1-2H3/t18-,19-/m0/s1. The Kier molecular flexibility index (Phi) is 5.43. The van der Waals surface area contributed by atoms with Crippen molar-refractivity contribution in [1.82, 2.24) is 24.6 Å². The Labute approximate surface area is 161 Å². The zero-order valence-electron chi connectivity index (χ0n) is 16.3. The van der Waals surface area contributed by atoms with E-state index in [9.17, 15) is 5.11 Å². The maximum absolute atomic E-state index is 10.8. The summed E-state index contributed by atoms with van der Waals surface area (Å²) in [6.07, 6.45) is 4.52. The third-order valence-electron chi connectivity index (χ3n) is 6.12. The van der Waals surface area contributed by atoms with Crippen LogP contribution in [-0.2, 0) is 13.6 Å². The zero-order valence-corrected chi connectivity index (χ0v) is 16.3. The predicted octanol–water partition coefficient (Wildman–Crippen LogP) is 0.881. The Morgan fingerprint density at radius 3 is 2.59 bits per heavy atom. The van der Waals surface area contributed by atoms with Gasteiger partial charge in [-0.25, -0.2) is 4.98 Å². The number of aromatic nitrogens is 3. The molecule has 4 rings (SSSR count). The normalized spacial score (nSPS) is 25.1. The second kappa shape index (κ2) is 7.96. The number of piperazine rings is 1. The van der Waals surface area contributed by atoms with E-state index in [4.69, 9.17) is 0 Å². The lowest BCUT2D eigenvalue weighted by Gasteiger charge is -2.45. The largest absolute Gasteiger partial charge is 0.390 e. The molecule has 2 aromatic heterocycles. The molecule has 2 aliphatic heterocycles. The Morgan fingerprint density at radius 1 is 1.15 bits per heavy atom. The van der Waals surface area contributed by atoms with Crippen molar-refractivity contribution in [3.05, 3.63) is 41.9 Å². The van der Waals surface area contributed by atoms with Gasteiger partial charge in [-0.2, -0.15) is 5.10 Å². The molecule has 27 heavy (non-hydrogen) atoms. The van der Waals surface area contributed by atoms with Crippen LogP contribution in [0.2, 0.25) is 0 Å². The Hall–Kier alpha value is -1.96. The van der Waals surface area contributed by atoms with Crippen LogP contribution in [0.1, 0.15) is 17.7 Å². The number of aryl methyl sites for hydroxylation is 1. The Balaban J connectivity index is 1.29. The molecule has 0 unspecified atom stereocenters. The maximum atomic E-state index is 10.8. The van der Waals surface area contributed by atoms with Gasteiger partial charge in [0.2, 0.25) is 0 Å². The first-order chi connectivity index (χ1) is 13.1. The van der Waals surface area contributed by atoms with E-state index < -0.39 is 0 Å². The fraction of sp³-hybridized carbons (Fsp3) is 0.600. The van der Waals surface area contributed by atoms with E-state index in [-0.39, 0.29) is 12.1 Å². The van der Waals surface area contributed by atoms with Crippen LogP contribution in [0.25, 0.3) is 0 Å². The number of rotatable bonds is 4. The van der Waals surface area contributed by atoms with Crippen molar-refractivity contribution in [1.29, 1.82) is 0 Å². The van der Waals surface area contributed by atoms with Gasteiger partial charge in [-0.3, -0.25) is 14.5 Å². The van der Waals surface area contributed by atoms with Crippen LogP contribution in [0, 0.1) is 6.92 Å². The zero-order chi connectivity index (χ0) is 18.8. The minimum atomic E-state index is -0.294. The number of piperidine rings is 1. The van der Waals surface area contributed by atoms with Crippen LogP contribution in [0.4, 0.5) is 5.82 Å². The van der Waals surface area contributed by atoms with Crippen molar-refractivity contribution >= 4 is 5.82 Å². The van der Waals surface area contributed by atoms with Gasteiger partial charge in [-0.15, -0.1) is 0 Å². The third kappa shape index (κ3) is 4.00. The second-order valence-electron chi connectivity index (χ2n) is 7.75. The monoisotopic (exact) mass is 370 g/mol. The van der Waals surface area contributed by atoms with Crippen molar-refractivity contribution in [2.75, 3.05) is 44.2 Å². The van der Waals surface area contributed by atoms with Gasteiger partial charge in [0.05, 0.1) is 12.3 Å². The lowest BCUT2D eigenvalue weighted by atomic mass is 9.98. The number of anilines is 1. The van der Waals surface area contributed by atoms with Crippen molar-refractivity contribution in [3.8, 4) is 0 Å². The molecule has 0 saturated carbocycles. The molecule has 0 radical (unpaired) electrons. The SMILES string of the molecule is Cc1c(CN2CC[C@H](N3CCN(c4ccccn4)CC3)[C@@H](O)C2)cnn1C. The molecule has 0 bridgehead atoms. The van der Waals surface area contributed by atoms with E-state index in [1.165, 1.54) is 11.3 Å². The molecule has 7 heteroatoms. The molecule has 2 fully saturated rings. The van der Waals surface area contributed by atoms with Crippen molar-refractivity contribution < 1.29 is 5.11 Å². The molecular weight excluding hydrogens is 340 g/mol. The minimum absolute atomic E-state index is 0.266. The number of pyridine rings is 1. The first kappa shape index (κ1) is 18.4. The fourth-order valence-corrected chi connectivity index (χ4v) is 4.32. The lowest BCUT2D eigenvalue weighted by molar-refractivity contribution is -0.0172. The van der Waals surface area contributed by atoms with Gasteiger partial charge in [0.15, 0.2) is 0 Å². The number of aliphatic hydroxyl groups excluding tert-OH is 1. The van der Waals surface area contributed by atoms with E-state index in [1.54, 1.807) is 0 Å². The fourth-order valence-electron chi connectivity index (χ4n) is 4.32. The van der Waals surface area contributed by atoms with Crippen LogP contribution in [0.5, 0.6) is 0 Å². The average Bonchev–Trinajstić information content (AvgIpc) is 3.01. The highest BCUT2D eigenvalue weighted by atomic mass is 16.3. The molecule has 2 aromatic rings. The molecule has 2 atom stereocenters. The van der Waals surface area contributed by atoms with E-state index in [2.05, 4.69) is 37.8 Å². The summed E-state index contributed by atoms with van der Waals surface area (Å²) in [5, 5.41) is 15.1. The highest BCUT2D eigenvalue weighted by Crippen LogP contribution is 2.22. The molecule has 0 aromatic carbocycles. The number of likely N-dealkylation sites (tertiary alicyclic amines) is 1. The molecule has 2 saturated heterocycles. The molecule has 2 aliphatic rings. The summed E-state index contributed by atoms with van der Waals surface area (Å²) < 4.78 is 1.92. The highest BCUT2D eigenvalue weighted by molar-refractivity contribution is 5.38. The van der Waals surface area contributed by atoms with Crippen molar-refractivity contribution in [3.63, 3.8) is 0 Å². The topological polar surface area (TPSA) is 60.7 Å². The van der Waals surface area contributed by atoms with Gasteiger partial charge in [0, 0.05) is 76.4 Å². The predicted molar refractivity (Wildman–Crippen MR) is 106 cm³/mol. The van der Waals surface area contributed by atoms with E-state index in [0.29, 0.717) is 0 Å². The van der Waals surface area contributed by atoms with E-state index in [1.807, 2.05) is 36.3 Å². The first-order valence-corrected chi connectivity index (χ1v) is 9.90. The van der Waals surface area contributed by atoms with Gasteiger partial charge >= 0.3 is 0 Å². The smallest absolute Gasteiger partial charge is 0.128 e. The number of β-amino-alcohol motifs (C(OH)–C–C–N with tert-alkyl or cyclic N) is 1. The van der Waals surface area contributed by atoms with Crippen LogP contribution in [-0.4, -0.2) is 81.1 Å². The van der Waals surface area contributed by atoms with Crippen LogP contribution in [0.15, 0.2) is 30.6 Å². The molecule has 0 aliphatic carbocycles. The number of nitrogens with zero attached hydrogens (tertiary/aromatic N) is 6. The summed E-state index contributed by atoms with van der Waals surface area (Å²) in [7, 11) is 1.98. The second-order valence-corrected chi connectivity index (χ2v) is 7.75. The summed E-state index contributed by atoms with van der Waals surface area (Å²) in [4.78, 5) is 11.6. The molecule has 146 valence electrons. The summed E-state index contributed by atoms with van der Waals surface area (Å²) in [6, 6.07) is 6.33. The van der Waals surface area contributed by atoms with Crippen molar-refractivity contribution in [2.24, 2.45) is 7.05 Å². The summed E-state index contributed by atoms with van der Waals surface area (Å²) >= 11 is 0. The van der Waals surface area contributed by atoms with Crippen LogP contribution >= 0.6 is 0 Å². The van der Waals surface area contributed by atoms with Crippen molar-refractivity contribution in [2.45, 2.75) is 32.0 Å². The third-order valence-corrected chi connectivity index (χ3v) is 6.12. The quantitative estimate of drug-likeness (QED) is 0.862. The van der Waals surface area contributed by atoms with Gasteiger partial charge in [0.25, 0.3) is 0 Å². The van der Waals surface area contributed by atoms with Gasteiger partial charge < -0.3 is 10.0 Å². The lowest BCUT2D eigenvalue weighted by Crippen LogP contribution is -2.58. The average molecular weight is 371 g/mol. The summed E-state index contributed by atoms with van der Waals surface area (Å²) in [5.74, 6) is 1.05. The minimum Gasteiger partial charge on any atom is -0.390 e. The van der Waals surface area contributed by atoms with Gasteiger partial charge in [-0.05, 0) is 25.5 Å². The van der Waals surface area contributed by atoms with E-state index >= 15 is 0 Å². The first-order valence-electron chi connectivity index (χ1n) is 9.90. The number of aliphatic hydroxyl groups is 1. The molecule has 1 N–H and O–H groups in total. The Bertz CT molecular complexity index is 740. The molecule has 0 amide bonds. The summed E-state index contributed by atoms with van der Waals surface area (Å²) in [5.41, 5.74) is 2.46. The Morgan fingerprint density at radius 2 is 1.96 bits per heavy atom. The number of hydrogen-bond donors (Lipinski definition) is 1. The summed E-state index contributed by atoms with van der Waals surface area (Å²) in [6.45, 7) is 8.65. The van der Waals surface area contributed by atoms with E-state index in [0.717, 1.165) is 58.1 Å². The van der Waals surface area contributed by atoms with Gasteiger partial charge in [-0.1, -0.05) is 6.07 Å². The molecule has 7 nitrogen and oxygen atoms in total.